The van der Waals surface area contributed by atoms with Crippen LogP contribution in [0, 0.1) is 0 Å². The first-order chi connectivity index (χ1) is 58.5. The molecule has 1 aliphatic rings. The highest BCUT2D eigenvalue weighted by Gasteiger charge is 2.21. The van der Waals surface area contributed by atoms with E-state index >= 15 is 0 Å². The van der Waals surface area contributed by atoms with Gasteiger partial charge in [-0.05, 0) is 107 Å². The van der Waals surface area contributed by atoms with Gasteiger partial charge in [0.1, 0.15) is 6.54 Å². The summed E-state index contributed by atoms with van der Waals surface area (Å²) < 4.78 is 40.6. The summed E-state index contributed by atoms with van der Waals surface area (Å²) in [6.07, 6.45) is 24.3. The van der Waals surface area contributed by atoms with E-state index in [1.807, 2.05) is 14.1 Å². The first kappa shape index (κ1) is 88.1. The van der Waals surface area contributed by atoms with E-state index in [1.165, 1.54) is 55.3 Å². The van der Waals surface area contributed by atoms with Gasteiger partial charge in [-0.15, -0.1) is 35.7 Å². The Bertz CT molecular complexity index is 6360. The van der Waals surface area contributed by atoms with Crippen LogP contribution in [0.2, 0.25) is 0 Å². The summed E-state index contributed by atoms with van der Waals surface area (Å²) in [5, 5.41) is 57.6. The Hall–Kier alpha value is -13.8. The van der Waals surface area contributed by atoms with Crippen molar-refractivity contribution in [2.45, 2.75) is 161 Å². The lowest BCUT2D eigenvalue weighted by atomic mass is 10.1. The van der Waals surface area contributed by atoms with E-state index in [9.17, 15) is 52.3 Å². The van der Waals surface area contributed by atoms with E-state index in [4.69, 9.17) is 1.37 Å². The van der Waals surface area contributed by atoms with Crippen LogP contribution >= 0.6 is 0 Å². The lowest BCUT2D eigenvalue weighted by Gasteiger charge is -2.08. The zero-order chi connectivity index (χ0) is 88.2. The number of tetrazole rings is 4. The number of halogens is 1. The maximum atomic E-state index is 12.5. The van der Waals surface area contributed by atoms with Crippen LogP contribution in [0.4, 0.5) is 4.39 Å². The van der Waals surface area contributed by atoms with Gasteiger partial charge >= 0.3 is 28.4 Å². The molecule has 0 fully saturated rings. The number of imidazole rings is 5. The summed E-state index contributed by atoms with van der Waals surface area (Å²) in [4.78, 5) is 148. The predicted molar refractivity (Wildman–Crippen MR) is 439 cm³/mol. The van der Waals surface area contributed by atoms with Gasteiger partial charge in [-0.25, -0.2) is 58.3 Å². The molecule has 14 aromatic heterocycles. The van der Waals surface area contributed by atoms with Crippen molar-refractivity contribution in [1.29, 1.82) is 0 Å². The second-order valence-electron chi connectivity index (χ2n) is 29.1. The maximum absolute atomic E-state index is 12.5. The predicted octanol–water partition coefficient (Wildman–Crippen LogP) is -1.12. The summed E-state index contributed by atoms with van der Waals surface area (Å²) >= 11 is 0. The van der Waals surface area contributed by atoms with Gasteiger partial charge in [0.05, 0.1) is 60.0 Å². The second kappa shape index (κ2) is 41.1. The molecule has 0 saturated heterocycles. The number of unbranched alkanes of at least 4 members (excludes halogenated alkanes) is 10. The quantitative estimate of drug-likeness (QED) is 0.0481. The molecule has 0 aromatic carbocycles. The molecule has 0 bridgehead atoms. The minimum atomic E-state index is -1.00. The number of aromatic nitrogens is 36. The number of hydrogen-bond donors (Lipinski definition) is 0. The third kappa shape index (κ3) is 20.7. The third-order valence-corrected chi connectivity index (χ3v) is 20.5. The van der Waals surface area contributed by atoms with E-state index in [1.54, 1.807) is 148 Å². The normalized spacial score (nSPS) is 11.9. The molecule has 0 N–H and O–H groups in total. The number of aryl methyl sites for hydroxylation is 18. The molecule has 49 nitrogen and oxygen atoms in total. The molecule has 0 amide bonds. The van der Waals surface area contributed by atoms with Crippen LogP contribution in [0.25, 0.3) is 55.8 Å². The van der Waals surface area contributed by atoms with E-state index in [2.05, 4.69) is 102 Å². The molecular formula is C71H102FN39O10. The average molecular weight is 1680 g/mol. The van der Waals surface area contributed by atoms with Crippen LogP contribution in [-0.2, 0) is 157 Å². The Labute approximate surface area is 687 Å². The van der Waals surface area contributed by atoms with Gasteiger partial charge in [0, 0.05) is 143 Å². The Morgan fingerprint density at radius 1 is 0.331 bits per heavy atom. The van der Waals surface area contributed by atoms with Crippen LogP contribution in [0.15, 0.2) is 95.0 Å². The lowest BCUT2D eigenvalue weighted by Crippen LogP contribution is -2.39. The van der Waals surface area contributed by atoms with Crippen LogP contribution < -0.4 is 56.2 Å². The topological polar surface area (TPSA) is 521 Å². The molecule has 121 heavy (non-hydrogen) atoms. The van der Waals surface area contributed by atoms with Crippen molar-refractivity contribution >= 4 is 61.5 Å². The highest BCUT2D eigenvalue weighted by atomic mass is 19.1. The van der Waals surface area contributed by atoms with Crippen molar-refractivity contribution in [2.24, 2.45) is 114 Å². The fourth-order valence-corrected chi connectivity index (χ4v) is 13.8. The summed E-state index contributed by atoms with van der Waals surface area (Å²) in [7, 11) is 23.0. The third-order valence-electron chi connectivity index (χ3n) is 20.5. The van der Waals surface area contributed by atoms with Crippen molar-refractivity contribution < 1.29 is 5.76 Å². The number of fused-ring (bicyclic) bond motifs is 5. The Kier molecular flexibility index (Phi) is 29.9. The minimum absolute atomic E-state index is 0.277. The molecule has 14 aromatic rings. The number of nitrogens with zero attached hydrogens (tertiary/aromatic N) is 39. The maximum Gasteiger partial charge on any atom is 0.332 e. The molecule has 0 unspecified atom stereocenters. The van der Waals surface area contributed by atoms with E-state index in [0.29, 0.717) is 107 Å². The summed E-state index contributed by atoms with van der Waals surface area (Å²) in [6.45, 7) is 2.57. The van der Waals surface area contributed by atoms with Crippen LogP contribution in [0.5, 0.6) is 0 Å². The van der Waals surface area contributed by atoms with Gasteiger partial charge in [-0.2, -0.15) is 14.7 Å². The molecule has 1 aliphatic heterocycles. The van der Waals surface area contributed by atoms with Crippen molar-refractivity contribution in [1.82, 2.24) is 174 Å². The number of rotatable bonds is 30. The molecule has 0 radical (unpaired) electrons. The van der Waals surface area contributed by atoms with Crippen molar-refractivity contribution in [2.75, 3.05) is 13.7 Å². The second-order valence-corrected chi connectivity index (χ2v) is 29.1. The van der Waals surface area contributed by atoms with Crippen LogP contribution in [0.3, 0.4) is 0 Å². The first-order valence-corrected chi connectivity index (χ1v) is 39.2. The zero-order valence-corrected chi connectivity index (χ0v) is 70.4. The standard InChI is InChI=1S/4C14H20N8O2.C14H19N7O2.CH3F/c2*1-19-9-15-12-11(19)13(23)22(14(24)20(12)2)8-6-4-5-7-10-16-17-18-21(10)3;2*1-19-9-15-12-11(19)13(23)22(14(24)20(12)2)8-6-4-5-7-10-16-18-21(3)17-10;1-19-9-15-12-11(19)13(22)21(14(23)20(12)2)7-5-3-4-6-10-8-16-18-17-10;1-2/h4*9H,4-8H2,1-3H3;9H,3-8H2,1-2H3;1H3/i;;;;;1D. The molecule has 15 rings (SSSR count). The molecule has 50 heteroatoms. The van der Waals surface area contributed by atoms with Crippen LogP contribution in [-0.4, -0.2) is 194 Å². The highest BCUT2D eigenvalue weighted by molar-refractivity contribution is 5.87. The van der Waals surface area contributed by atoms with Gasteiger partial charge in [0.25, 0.3) is 27.8 Å². The van der Waals surface area contributed by atoms with Crippen LogP contribution in [0.1, 0.15) is 127 Å². The molecule has 0 spiro atoms. The summed E-state index contributed by atoms with van der Waals surface area (Å²) in [5.41, 5.74) is 2.24. The SMILES string of the molecule is Cn1cnc2c1c(=O)n(CCCCCC1=NN=NC1)c(=O)n2C.Cn1nnc(CCCCCn2c(=O)c3c(ncn3C)n(C)c2=O)n1.Cn1nnc(CCCCCn2c(=O)c3c(ncn3C)n(C)c2=O)n1.Cn1nnnc1CCCCCn1c(=O)c2c(ncn2C)n(C)c1=O.Cn1nnnc1CCCCCn1c(=O)c2c(ncn2C)n(C)c1=O.[2H]CF. The van der Waals surface area contributed by atoms with Crippen molar-refractivity contribution in [3.63, 3.8) is 0 Å². The molecule has 0 saturated carbocycles. The fraction of sp³-hybridized carbons (Fsp3) is 0.577. The molecular weight excluding hydrogens is 1580 g/mol. The monoisotopic (exact) mass is 1680 g/mol. The van der Waals surface area contributed by atoms with Crippen molar-refractivity contribution in [3.8, 4) is 0 Å². The van der Waals surface area contributed by atoms with Gasteiger partial charge in [0.2, 0.25) is 0 Å². The van der Waals surface area contributed by atoms with E-state index < -0.39 is 7.15 Å². The average Bonchev–Trinajstić information content (AvgIpc) is 1.64. The van der Waals surface area contributed by atoms with Gasteiger partial charge in [-0.3, -0.25) is 74.0 Å². The lowest BCUT2D eigenvalue weighted by molar-refractivity contribution is 0.534. The molecule has 0 aliphatic carbocycles. The van der Waals surface area contributed by atoms with E-state index in [-0.39, 0.29) is 56.2 Å². The molecule has 15 heterocycles. The zero-order valence-electron chi connectivity index (χ0n) is 71.4. The fourth-order valence-electron chi connectivity index (χ4n) is 13.8. The Morgan fingerprint density at radius 2 is 0.587 bits per heavy atom. The van der Waals surface area contributed by atoms with Gasteiger partial charge in [0.15, 0.2) is 79.1 Å². The summed E-state index contributed by atoms with van der Waals surface area (Å²) in [6, 6.07) is 0. The minimum Gasteiger partial charge on any atom is -0.328 e. The van der Waals surface area contributed by atoms with E-state index in [0.717, 1.165) is 146 Å². The van der Waals surface area contributed by atoms with Gasteiger partial charge in [-0.1, -0.05) is 32.1 Å². The Morgan fingerprint density at radius 3 is 0.810 bits per heavy atom. The highest BCUT2D eigenvalue weighted by Crippen LogP contribution is 2.13. The molecule has 0 atom stereocenters. The number of alkyl halides is 1. The Balaban J connectivity index is 0.000000158. The smallest absolute Gasteiger partial charge is 0.328 e. The van der Waals surface area contributed by atoms with Gasteiger partial charge < -0.3 is 22.8 Å². The van der Waals surface area contributed by atoms with Crippen molar-refractivity contribution in [3.05, 3.63) is 159 Å². The first-order valence-electron chi connectivity index (χ1n) is 39.9. The molecule has 648 valence electrons. The largest absolute Gasteiger partial charge is 0.332 e. The summed E-state index contributed by atoms with van der Waals surface area (Å²) in [5.74, 6) is 3.09. The number of hydrogen-bond acceptors (Lipinski definition) is 30.